The van der Waals surface area contributed by atoms with E-state index in [1.807, 2.05) is 23.1 Å². The van der Waals surface area contributed by atoms with Gasteiger partial charge in [0.25, 0.3) is 0 Å². The van der Waals surface area contributed by atoms with E-state index in [9.17, 15) is 9.90 Å². The Morgan fingerprint density at radius 3 is 2.95 bits per heavy atom. The van der Waals surface area contributed by atoms with Gasteiger partial charge in [-0.3, -0.25) is 4.79 Å². The Morgan fingerprint density at radius 1 is 1.42 bits per heavy atom. The number of hydrogen-bond donors (Lipinski definition) is 1. The Morgan fingerprint density at radius 2 is 2.21 bits per heavy atom. The van der Waals surface area contributed by atoms with Crippen molar-refractivity contribution in [1.29, 1.82) is 0 Å². The van der Waals surface area contributed by atoms with E-state index in [-0.39, 0.29) is 18.6 Å². The highest BCUT2D eigenvalue weighted by molar-refractivity contribution is 8.00. The van der Waals surface area contributed by atoms with Gasteiger partial charge in [0, 0.05) is 11.4 Å². The van der Waals surface area contributed by atoms with Gasteiger partial charge in [-0.05, 0) is 37.8 Å². The molecule has 1 atom stereocenters. The van der Waals surface area contributed by atoms with Crippen LogP contribution in [0.15, 0.2) is 29.2 Å². The molecule has 3 nitrogen and oxygen atoms in total. The van der Waals surface area contributed by atoms with Crippen molar-refractivity contribution in [2.75, 3.05) is 18.9 Å². The summed E-state index contributed by atoms with van der Waals surface area (Å²) in [5, 5.41) is 9.34. The van der Waals surface area contributed by atoms with Crippen LogP contribution in [-0.2, 0) is 4.79 Å². The van der Waals surface area contributed by atoms with Gasteiger partial charge in [-0.15, -0.1) is 11.8 Å². The molecule has 0 saturated carbocycles. The van der Waals surface area contributed by atoms with Gasteiger partial charge in [-0.2, -0.15) is 0 Å². The van der Waals surface area contributed by atoms with Crippen LogP contribution in [0.3, 0.4) is 0 Å². The maximum Gasteiger partial charge on any atom is 0.233 e. The SMILES string of the molecule is Cc1ccccc1SCC(=O)N1CCCCC1CO. The summed E-state index contributed by atoms with van der Waals surface area (Å²) in [5.74, 6) is 0.605. The molecule has 0 aromatic heterocycles. The molecule has 0 aliphatic carbocycles. The van der Waals surface area contributed by atoms with E-state index in [0.29, 0.717) is 5.75 Å². The molecule has 1 unspecified atom stereocenters. The number of benzene rings is 1. The fourth-order valence-electron chi connectivity index (χ4n) is 2.46. The van der Waals surface area contributed by atoms with Crippen LogP contribution in [-0.4, -0.2) is 40.9 Å². The second kappa shape index (κ2) is 6.96. The lowest BCUT2D eigenvalue weighted by atomic mass is 10.0. The van der Waals surface area contributed by atoms with Crippen molar-refractivity contribution >= 4 is 17.7 Å². The first kappa shape index (κ1) is 14.4. The molecule has 0 spiro atoms. The number of amides is 1. The zero-order valence-corrected chi connectivity index (χ0v) is 12.2. The lowest BCUT2D eigenvalue weighted by Crippen LogP contribution is -2.46. The Labute approximate surface area is 119 Å². The number of aliphatic hydroxyl groups is 1. The number of likely N-dealkylation sites (tertiary alicyclic amines) is 1. The molecule has 4 heteroatoms. The molecule has 1 aliphatic heterocycles. The molecule has 1 N–H and O–H groups in total. The Kier molecular flexibility index (Phi) is 5.28. The molecular formula is C15H21NO2S. The first-order chi connectivity index (χ1) is 9.22. The van der Waals surface area contributed by atoms with Crippen molar-refractivity contribution in [3.8, 4) is 0 Å². The van der Waals surface area contributed by atoms with E-state index in [1.165, 1.54) is 5.56 Å². The van der Waals surface area contributed by atoms with Crippen LogP contribution in [0.5, 0.6) is 0 Å². The van der Waals surface area contributed by atoms with E-state index in [0.717, 1.165) is 30.7 Å². The fraction of sp³-hybridized carbons (Fsp3) is 0.533. The monoisotopic (exact) mass is 279 g/mol. The third kappa shape index (κ3) is 3.74. The predicted octanol–water partition coefficient (Wildman–Crippen LogP) is 2.46. The van der Waals surface area contributed by atoms with E-state index in [4.69, 9.17) is 0 Å². The third-order valence-electron chi connectivity index (χ3n) is 3.60. The second-order valence-corrected chi connectivity index (χ2v) is 5.99. The standard InChI is InChI=1S/C15H21NO2S/c1-12-6-2-3-8-14(12)19-11-15(18)16-9-5-4-7-13(16)10-17/h2-3,6,8,13,17H,4-5,7,9-11H2,1H3. The summed E-state index contributed by atoms with van der Waals surface area (Å²) in [6, 6.07) is 8.14. The van der Waals surface area contributed by atoms with Crippen LogP contribution < -0.4 is 0 Å². The van der Waals surface area contributed by atoms with Crippen LogP contribution in [0, 0.1) is 6.92 Å². The average molecular weight is 279 g/mol. The minimum absolute atomic E-state index is 0.0266. The van der Waals surface area contributed by atoms with Crippen LogP contribution in [0.2, 0.25) is 0 Å². The van der Waals surface area contributed by atoms with Gasteiger partial charge in [0.2, 0.25) is 5.91 Å². The molecule has 1 aromatic rings. The van der Waals surface area contributed by atoms with Gasteiger partial charge in [0.15, 0.2) is 0 Å². The largest absolute Gasteiger partial charge is 0.394 e. The second-order valence-electron chi connectivity index (χ2n) is 4.97. The zero-order valence-electron chi connectivity index (χ0n) is 11.3. The molecule has 1 saturated heterocycles. The summed E-state index contributed by atoms with van der Waals surface area (Å²) in [6.07, 6.45) is 3.09. The molecule has 104 valence electrons. The normalized spacial score (nSPS) is 19.5. The molecule has 1 amide bonds. The number of hydrogen-bond acceptors (Lipinski definition) is 3. The third-order valence-corrected chi connectivity index (χ3v) is 4.76. The maximum atomic E-state index is 12.2. The average Bonchev–Trinajstić information content (AvgIpc) is 2.46. The van der Waals surface area contributed by atoms with Crippen LogP contribution >= 0.6 is 11.8 Å². The summed E-state index contributed by atoms with van der Waals surface area (Å²) in [5.41, 5.74) is 1.21. The lowest BCUT2D eigenvalue weighted by Gasteiger charge is -2.34. The number of carbonyl (C=O) groups excluding carboxylic acids is 1. The minimum Gasteiger partial charge on any atom is -0.394 e. The summed E-state index contributed by atoms with van der Waals surface area (Å²) in [4.78, 5) is 15.3. The summed E-state index contributed by atoms with van der Waals surface area (Å²) >= 11 is 1.59. The number of thioether (sulfide) groups is 1. The van der Waals surface area contributed by atoms with Crippen molar-refractivity contribution in [2.45, 2.75) is 37.1 Å². The first-order valence-corrected chi connectivity index (χ1v) is 7.79. The molecule has 1 heterocycles. The van der Waals surface area contributed by atoms with Crippen LogP contribution in [0.25, 0.3) is 0 Å². The Hall–Kier alpha value is -1.00. The summed E-state index contributed by atoms with van der Waals surface area (Å²) in [6.45, 7) is 2.93. The number of piperidine rings is 1. The molecule has 19 heavy (non-hydrogen) atoms. The minimum atomic E-state index is 0.0266. The quantitative estimate of drug-likeness (QED) is 0.861. The maximum absolute atomic E-state index is 12.2. The Balaban J connectivity index is 1.92. The van der Waals surface area contributed by atoms with Crippen molar-refractivity contribution < 1.29 is 9.90 Å². The Bertz CT molecular complexity index is 436. The lowest BCUT2D eigenvalue weighted by molar-refractivity contribution is -0.132. The number of carbonyl (C=O) groups is 1. The van der Waals surface area contributed by atoms with Crippen LogP contribution in [0.4, 0.5) is 0 Å². The molecule has 1 fully saturated rings. The highest BCUT2D eigenvalue weighted by Crippen LogP contribution is 2.24. The van der Waals surface area contributed by atoms with E-state index >= 15 is 0 Å². The predicted molar refractivity (Wildman–Crippen MR) is 78.3 cm³/mol. The number of rotatable bonds is 4. The van der Waals surface area contributed by atoms with Crippen molar-refractivity contribution in [3.05, 3.63) is 29.8 Å². The summed E-state index contributed by atoms with van der Waals surface area (Å²) in [7, 11) is 0. The topological polar surface area (TPSA) is 40.5 Å². The van der Waals surface area contributed by atoms with E-state index in [2.05, 4.69) is 13.0 Å². The van der Waals surface area contributed by atoms with Gasteiger partial charge < -0.3 is 10.0 Å². The highest BCUT2D eigenvalue weighted by atomic mass is 32.2. The van der Waals surface area contributed by atoms with E-state index in [1.54, 1.807) is 11.8 Å². The van der Waals surface area contributed by atoms with Gasteiger partial charge in [-0.25, -0.2) is 0 Å². The molecule has 0 bridgehead atoms. The number of nitrogens with zero attached hydrogens (tertiary/aromatic N) is 1. The van der Waals surface area contributed by atoms with Gasteiger partial charge in [0.1, 0.15) is 0 Å². The van der Waals surface area contributed by atoms with Gasteiger partial charge in [-0.1, -0.05) is 18.2 Å². The molecule has 0 radical (unpaired) electrons. The number of aliphatic hydroxyl groups excluding tert-OH is 1. The fourth-order valence-corrected chi connectivity index (χ4v) is 3.37. The number of aryl methyl sites for hydroxylation is 1. The van der Waals surface area contributed by atoms with Crippen LogP contribution in [0.1, 0.15) is 24.8 Å². The van der Waals surface area contributed by atoms with Gasteiger partial charge in [0.05, 0.1) is 18.4 Å². The smallest absolute Gasteiger partial charge is 0.233 e. The zero-order chi connectivity index (χ0) is 13.7. The molecule has 1 aliphatic rings. The highest BCUT2D eigenvalue weighted by Gasteiger charge is 2.25. The van der Waals surface area contributed by atoms with Gasteiger partial charge >= 0.3 is 0 Å². The summed E-state index contributed by atoms with van der Waals surface area (Å²) < 4.78 is 0. The molecule has 2 rings (SSSR count). The van der Waals surface area contributed by atoms with E-state index < -0.39 is 0 Å². The molecular weight excluding hydrogens is 258 g/mol. The first-order valence-electron chi connectivity index (χ1n) is 6.81. The molecule has 1 aromatic carbocycles. The van der Waals surface area contributed by atoms with Crippen molar-refractivity contribution in [2.24, 2.45) is 0 Å². The van der Waals surface area contributed by atoms with Crippen molar-refractivity contribution in [3.63, 3.8) is 0 Å². The van der Waals surface area contributed by atoms with Crippen molar-refractivity contribution in [1.82, 2.24) is 4.90 Å².